The van der Waals surface area contributed by atoms with Crippen molar-refractivity contribution in [3.8, 4) is 0 Å². The second-order valence-corrected chi connectivity index (χ2v) is 4.90. The van der Waals surface area contributed by atoms with E-state index in [9.17, 15) is 35.4 Å². The molecule has 0 heterocycles. The van der Waals surface area contributed by atoms with Gasteiger partial charge < -0.3 is 10.2 Å². The van der Waals surface area contributed by atoms with Gasteiger partial charge in [0, 0.05) is 17.5 Å². The maximum Gasteiger partial charge on any atom is 0.485 e. The van der Waals surface area contributed by atoms with Crippen molar-refractivity contribution in [2.45, 2.75) is 29.9 Å². The maximum absolute atomic E-state index is 11.3. The van der Waals surface area contributed by atoms with Crippen LogP contribution in [0, 0.1) is 30.3 Å². The van der Waals surface area contributed by atoms with Gasteiger partial charge in [-0.1, -0.05) is 0 Å². The lowest BCUT2D eigenvalue weighted by molar-refractivity contribution is -0.807. The SMILES string of the molecule is NC1([N+](=O)[O-])C=CC(NCC(O)CO)C([N+](=O)[O-])([N+](=O)[O-])C1. The molecule has 0 aliphatic heterocycles. The highest BCUT2D eigenvalue weighted by Crippen LogP contribution is 2.33. The van der Waals surface area contributed by atoms with Crippen LogP contribution in [0.1, 0.15) is 6.42 Å². The van der Waals surface area contributed by atoms with Crippen molar-refractivity contribution in [2.24, 2.45) is 5.73 Å². The molecule has 3 unspecified atom stereocenters. The van der Waals surface area contributed by atoms with Gasteiger partial charge in [0.1, 0.15) is 9.85 Å². The zero-order valence-corrected chi connectivity index (χ0v) is 11.2. The van der Waals surface area contributed by atoms with E-state index in [1.54, 1.807) is 0 Å². The predicted molar refractivity (Wildman–Crippen MR) is 69.3 cm³/mol. The molecular weight excluding hydrogens is 306 g/mol. The molecule has 1 aliphatic carbocycles. The number of aliphatic hydroxyl groups is 2. The highest BCUT2D eigenvalue weighted by atomic mass is 16.7. The van der Waals surface area contributed by atoms with Gasteiger partial charge in [-0.2, -0.15) is 0 Å². The molecule has 13 heteroatoms. The number of hydrogen-bond donors (Lipinski definition) is 4. The summed E-state index contributed by atoms with van der Waals surface area (Å²) in [5.41, 5.74) is -0.0315. The van der Waals surface area contributed by atoms with Gasteiger partial charge in [-0.15, -0.1) is 0 Å². The standard InChI is InChI=1S/C9H15N5O8/c10-8(12(17)18)2-1-7(11-3-6(16)4-15)9(5-8,13(19)20)14(21)22/h1-2,6-7,11,15-16H,3-5,10H2. The van der Waals surface area contributed by atoms with E-state index in [-0.39, 0.29) is 6.54 Å². The number of hydrogen-bond acceptors (Lipinski definition) is 10. The summed E-state index contributed by atoms with van der Waals surface area (Å²) >= 11 is 0. The molecule has 0 aromatic heterocycles. The van der Waals surface area contributed by atoms with Crippen LogP contribution in [0.4, 0.5) is 0 Å². The van der Waals surface area contributed by atoms with Crippen LogP contribution in [0.3, 0.4) is 0 Å². The quantitative estimate of drug-likeness (QED) is 0.167. The van der Waals surface area contributed by atoms with Crippen LogP contribution in [-0.4, -0.2) is 61.6 Å². The second-order valence-electron chi connectivity index (χ2n) is 4.90. The van der Waals surface area contributed by atoms with Gasteiger partial charge in [-0.25, -0.2) is 0 Å². The summed E-state index contributed by atoms with van der Waals surface area (Å²) in [7, 11) is 0. The van der Waals surface area contributed by atoms with E-state index in [4.69, 9.17) is 10.8 Å². The molecule has 3 atom stereocenters. The molecule has 13 nitrogen and oxygen atoms in total. The highest BCUT2D eigenvalue weighted by Gasteiger charge is 2.70. The first-order valence-corrected chi connectivity index (χ1v) is 6.04. The molecule has 0 amide bonds. The highest BCUT2D eigenvalue weighted by molar-refractivity contribution is 5.15. The summed E-state index contributed by atoms with van der Waals surface area (Å²) in [5, 5.41) is 53.7. The topological polar surface area (TPSA) is 208 Å². The molecule has 0 aromatic carbocycles. The Morgan fingerprint density at radius 2 is 1.82 bits per heavy atom. The van der Waals surface area contributed by atoms with Crippen LogP contribution in [0.15, 0.2) is 12.2 Å². The lowest BCUT2D eigenvalue weighted by atomic mass is 9.83. The van der Waals surface area contributed by atoms with Crippen molar-refractivity contribution in [1.29, 1.82) is 0 Å². The lowest BCUT2D eigenvalue weighted by Gasteiger charge is -2.31. The van der Waals surface area contributed by atoms with Crippen LogP contribution in [0.25, 0.3) is 0 Å². The van der Waals surface area contributed by atoms with Crippen molar-refractivity contribution in [3.63, 3.8) is 0 Å². The predicted octanol–water partition coefficient (Wildman–Crippen LogP) is -2.56. The molecule has 22 heavy (non-hydrogen) atoms. The molecule has 0 aromatic rings. The van der Waals surface area contributed by atoms with E-state index in [0.29, 0.717) is 0 Å². The normalized spacial score (nSPS) is 28.0. The maximum atomic E-state index is 11.3. The third kappa shape index (κ3) is 3.01. The van der Waals surface area contributed by atoms with Crippen molar-refractivity contribution in [3.05, 3.63) is 42.5 Å². The molecule has 0 radical (unpaired) electrons. The number of nitrogens with two attached hydrogens (primary N) is 1. The smallest absolute Gasteiger partial charge is 0.394 e. The average Bonchev–Trinajstić information content (AvgIpc) is 2.44. The number of nitro groups is 3. The minimum absolute atomic E-state index is 0.384. The molecular formula is C9H15N5O8. The number of nitrogens with one attached hydrogen (secondary N) is 1. The van der Waals surface area contributed by atoms with Crippen molar-refractivity contribution in [2.75, 3.05) is 13.2 Å². The Hall–Kier alpha value is -2.22. The van der Waals surface area contributed by atoms with Crippen LogP contribution in [-0.2, 0) is 0 Å². The molecule has 1 aliphatic rings. The molecule has 0 spiro atoms. The van der Waals surface area contributed by atoms with Crippen molar-refractivity contribution in [1.82, 2.24) is 5.32 Å². The summed E-state index contributed by atoms with van der Waals surface area (Å²) in [4.78, 5) is 29.9. The third-order valence-corrected chi connectivity index (χ3v) is 3.38. The zero-order chi connectivity index (χ0) is 17.1. The molecule has 1 rings (SSSR count). The first-order chi connectivity index (χ1) is 10.1. The Labute approximate surface area is 122 Å². The second kappa shape index (κ2) is 6.27. The zero-order valence-electron chi connectivity index (χ0n) is 11.2. The van der Waals surface area contributed by atoms with Crippen LogP contribution in [0.2, 0.25) is 0 Å². The van der Waals surface area contributed by atoms with E-state index >= 15 is 0 Å². The Kier molecular flexibility index (Phi) is 5.08. The minimum Gasteiger partial charge on any atom is -0.394 e. The van der Waals surface area contributed by atoms with Gasteiger partial charge >= 0.3 is 11.3 Å². The first-order valence-electron chi connectivity index (χ1n) is 6.04. The average molecular weight is 321 g/mol. The summed E-state index contributed by atoms with van der Waals surface area (Å²) in [6.45, 7) is -1.05. The minimum atomic E-state index is -2.97. The van der Waals surface area contributed by atoms with Gasteiger partial charge in [-0.3, -0.25) is 41.4 Å². The Balaban J connectivity index is 3.24. The van der Waals surface area contributed by atoms with E-state index in [2.05, 4.69) is 5.32 Å². The molecule has 0 fully saturated rings. The fraction of sp³-hybridized carbons (Fsp3) is 0.778. The van der Waals surface area contributed by atoms with Gasteiger partial charge in [0.05, 0.1) is 12.7 Å². The molecule has 0 saturated heterocycles. The van der Waals surface area contributed by atoms with Crippen LogP contribution < -0.4 is 11.1 Å². The summed E-state index contributed by atoms with van der Waals surface area (Å²) in [5.74, 6) is 0. The first kappa shape index (κ1) is 17.8. The summed E-state index contributed by atoms with van der Waals surface area (Å²) in [6.07, 6.45) is -0.774. The fourth-order valence-electron chi connectivity index (χ4n) is 2.11. The molecule has 0 saturated carbocycles. The Morgan fingerprint density at radius 3 is 2.23 bits per heavy atom. The number of rotatable bonds is 7. The van der Waals surface area contributed by atoms with Gasteiger partial charge in [0.2, 0.25) is 0 Å². The van der Waals surface area contributed by atoms with Gasteiger partial charge in [-0.05, 0) is 6.08 Å². The monoisotopic (exact) mass is 321 g/mol. The van der Waals surface area contributed by atoms with E-state index in [1.807, 2.05) is 0 Å². The summed E-state index contributed by atoms with van der Waals surface area (Å²) in [6, 6.07) is -1.55. The van der Waals surface area contributed by atoms with Crippen molar-refractivity contribution < 1.29 is 25.0 Å². The van der Waals surface area contributed by atoms with Crippen molar-refractivity contribution >= 4 is 0 Å². The Morgan fingerprint density at radius 1 is 1.27 bits per heavy atom. The largest absolute Gasteiger partial charge is 0.485 e. The van der Waals surface area contributed by atoms with E-state index in [1.165, 1.54) is 0 Å². The van der Waals surface area contributed by atoms with Gasteiger partial charge in [0.15, 0.2) is 12.5 Å². The van der Waals surface area contributed by atoms with Gasteiger partial charge in [0.25, 0.3) is 0 Å². The number of nitrogens with zero attached hydrogens (tertiary/aromatic N) is 3. The Bertz CT molecular complexity index is 496. The van der Waals surface area contributed by atoms with Crippen LogP contribution >= 0.6 is 0 Å². The molecule has 0 bridgehead atoms. The summed E-state index contributed by atoms with van der Waals surface area (Å²) < 4.78 is 0. The van der Waals surface area contributed by atoms with E-state index < -0.39 is 51.3 Å². The lowest BCUT2D eigenvalue weighted by Crippen LogP contribution is -2.68. The molecule has 124 valence electrons. The van der Waals surface area contributed by atoms with Crippen LogP contribution in [0.5, 0.6) is 0 Å². The van der Waals surface area contributed by atoms with E-state index in [0.717, 1.165) is 12.2 Å². The third-order valence-electron chi connectivity index (χ3n) is 3.38. The molecule has 5 N–H and O–H groups in total. The number of aliphatic hydroxyl groups excluding tert-OH is 2. The fourth-order valence-corrected chi connectivity index (χ4v) is 2.11.